The Kier molecular flexibility index (Phi) is 2.73. The molecule has 0 radical (unpaired) electrons. The van der Waals surface area contributed by atoms with Gasteiger partial charge in [-0.1, -0.05) is 6.92 Å². The number of carboxylic acids is 1. The van der Waals surface area contributed by atoms with Crippen molar-refractivity contribution >= 4 is 17.3 Å². The number of nitrogens with one attached hydrogen (secondary N) is 1. The first-order valence-corrected chi connectivity index (χ1v) is 5.79. The molecule has 92 valence electrons. The van der Waals surface area contributed by atoms with Gasteiger partial charge in [-0.3, -0.25) is 0 Å². The van der Waals surface area contributed by atoms with Crippen LogP contribution in [0, 0.1) is 12.3 Å². The number of carboxylic acid groups (broad SMARTS) is 1. The standard InChI is InChI=1S/C13H18N2O2/c1-8-5-9(15-7-13(2)3-4-13)6-10(11(8)14)12(16)17/h5-6,15H,3-4,7,14H2,1-2H3,(H,16,17). The summed E-state index contributed by atoms with van der Waals surface area (Å²) in [5.74, 6) is -0.980. The van der Waals surface area contributed by atoms with Crippen LogP contribution in [-0.2, 0) is 0 Å². The Labute approximate surface area is 101 Å². The Morgan fingerprint density at radius 2 is 2.18 bits per heavy atom. The molecule has 0 atom stereocenters. The van der Waals surface area contributed by atoms with Crippen LogP contribution in [0.25, 0.3) is 0 Å². The number of benzene rings is 1. The number of hydrogen-bond acceptors (Lipinski definition) is 3. The van der Waals surface area contributed by atoms with E-state index in [9.17, 15) is 4.79 Å². The smallest absolute Gasteiger partial charge is 0.337 e. The zero-order valence-corrected chi connectivity index (χ0v) is 10.2. The van der Waals surface area contributed by atoms with Crippen LogP contribution in [0.1, 0.15) is 35.7 Å². The predicted octanol–water partition coefficient (Wildman–Crippen LogP) is 2.49. The minimum Gasteiger partial charge on any atom is -0.478 e. The van der Waals surface area contributed by atoms with Crippen LogP contribution in [0.15, 0.2) is 12.1 Å². The molecular weight excluding hydrogens is 216 g/mol. The number of hydrogen-bond donors (Lipinski definition) is 3. The third kappa shape index (κ3) is 2.52. The molecule has 17 heavy (non-hydrogen) atoms. The number of rotatable bonds is 4. The van der Waals surface area contributed by atoms with Crippen molar-refractivity contribution in [3.8, 4) is 0 Å². The van der Waals surface area contributed by atoms with Gasteiger partial charge in [0.15, 0.2) is 0 Å². The Morgan fingerprint density at radius 1 is 1.53 bits per heavy atom. The first-order chi connectivity index (χ1) is 7.91. The molecule has 0 unspecified atom stereocenters. The summed E-state index contributed by atoms with van der Waals surface area (Å²) in [6, 6.07) is 3.50. The van der Waals surface area contributed by atoms with E-state index in [-0.39, 0.29) is 5.56 Å². The summed E-state index contributed by atoms with van der Waals surface area (Å²) in [4.78, 5) is 11.0. The molecule has 4 heteroatoms. The molecule has 1 saturated carbocycles. The van der Waals surface area contributed by atoms with Gasteiger partial charge < -0.3 is 16.2 Å². The molecule has 0 heterocycles. The van der Waals surface area contributed by atoms with Crippen LogP contribution in [0.5, 0.6) is 0 Å². The van der Waals surface area contributed by atoms with Crippen molar-refractivity contribution in [1.29, 1.82) is 0 Å². The number of nitrogens with two attached hydrogens (primary N) is 1. The van der Waals surface area contributed by atoms with E-state index in [4.69, 9.17) is 10.8 Å². The fraction of sp³-hybridized carbons (Fsp3) is 0.462. The lowest BCUT2D eigenvalue weighted by Gasteiger charge is -2.14. The average molecular weight is 234 g/mol. The molecule has 0 aromatic heterocycles. The second-order valence-electron chi connectivity index (χ2n) is 5.22. The zero-order chi connectivity index (χ0) is 12.6. The third-order valence-corrected chi connectivity index (χ3v) is 3.44. The minimum atomic E-state index is -0.980. The molecule has 0 spiro atoms. The number of nitrogen functional groups attached to an aromatic ring is 1. The molecule has 0 aliphatic heterocycles. The molecule has 4 N–H and O–H groups in total. The predicted molar refractivity (Wildman–Crippen MR) is 68.4 cm³/mol. The normalized spacial score (nSPS) is 16.6. The van der Waals surface area contributed by atoms with E-state index in [1.807, 2.05) is 13.0 Å². The summed E-state index contributed by atoms with van der Waals surface area (Å²) in [5, 5.41) is 12.3. The van der Waals surface area contributed by atoms with Gasteiger partial charge in [0, 0.05) is 17.9 Å². The highest BCUT2D eigenvalue weighted by atomic mass is 16.4. The Morgan fingerprint density at radius 3 is 2.71 bits per heavy atom. The van der Waals surface area contributed by atoms with E-state index in [0.29, 0.717) is 11.1 Å². The summed E-state index contributed by atoms with van der Waals surface area (Å²) in [7, 11) is 0. The summed E-state index contributed by atoms with van der Waals surface area (Å²) >= 11 is 0. The van der Waals surface area contributed by atoms with Crippen LogP contribution >= 0.6 is 0 Å². The van der Waals surface area contributed by atoms with Crippen LogP contribution in [0.2, 0.25) is 0 Å². The summed E-state index contributed by atoms with van der Waals surface area (Å²) in [6.45, 7) is 4.93. The topological polar surface area (TPSA) is 75.3 Å². The molecule has 0 bridgehead atoms. The van der Waals surface area contributed by atoms with Gasteiger partial charge in [-0.05, 0) is 42.9 Å². The van der Waals surface area contributed by atoms with E-state index in [1.165, 1.54) is 12.8 Å². The van der Waals surface area contributed by atoms with Crippen molar-refractivity contribution in [3.63, 3.8) is 0 Å². The maximum atomic E-state index is 11.0. The molecular formula is C13H18N2O2. The van der Waals surface area contributed by atoms with E-state index < -0.39 is 5.97 Å². The van der Waals surface area contributed by atoms with Gasteiger partial charge in [0.25, 0.3) is 0 Å². The number of aryl methyl sites for hydroxylation is 1. The largest absolute Gasteiger partial charge is 0.478 e. The fourth-order valence-corrected chi connectivity index (χ4v) is 1.78. The quantitative estimate of drug-likeness (QED) is 0.700. The second kappa shape index (κ2) is 3.95. The van der Waals surface area contributed by atoms with Crippen LogP contribution in [-0.4, -0.2) is 17.6 Å². The lowest BCUT2D eigenvalue weighted by atomic mass is 10.1. The molecule has 0 amide bonds. The first-order valence-electron chi connectivity index (χ1n) is 5.79. The highest BCUT2D eigenvalue weighted by Crippen LogP contribution is 2.44. The Bertz CT molecular complexity index is 465. The molecule has 1 aromatic rings. The lowest BCUT2D eigenvalue weighted by molar-refractivity contribution is 0.0698. The second-order valence-corrected chi connectivity index (χ2v) is 5.22. The molecule has 1 aliphatic carbocycles. The number of carbonyl (C=O) groups is 1. The highest BCUT2D eigenvalue weighted by molar-refractivity contribution is 5.95. The summed E-state index contributed by atoms with van der Waals surface area (Å²) < 4.78 is 0. The van der Waals surface area contributed by atoms with E-state index in [0.717, 1.165) is 17.8 Å². The van der Waals surface area contributed by atoms with Crippen molar-refractivity contribution in [1.82, 2.24) is 0 Å². The first kappa shape index (κ1) is 11.8. The molecule has 2 rings (SSSR count). The van der Waals surface area contributed by atoms with E-state index in [1.54, 1.807) is 6.07 Å². The highest BCUT2D eigenvalue weighted by Gasteiger charge is 2.36. The summed E-state index contributed by atoms with van der Waals surface area (Å²) in [5.41, 5.74) is 8.28. The van der Waals surface area contributed by atoms with Crippen molar-refractivity contribution in [3.05, 3.63) is 23.3 Å². The van der Waals surface area contributed by atoms with Gasteiger partial charge in [-0.15, -0.1) is 0 Å². The fourth-order valence-electron chi connectivity index (χ4n) is 1.78. The van der Waals surface area contributed by atoms with Gasteiger partial charge in [-0.25, -0.2) is 4.79 Å². The number of aromatic carboxylic acids is 1. The van der Waals surface area contributed by atoms with Crippen LogP contribution < -0.4 is 11.1 Å². The Balaban J connectivity index is 2.19. The van der Waals surface area contributed by atoms with Crippen molar-refractivity contribution < 1.29 is 9.90 Å². The van der Waals surface area contributed by atoms with Gasteiger partial charge in [-0.2, -0.15) is 0 Å². The molecule has 1 aromatic carbocycles. The summed E-state index contributed by atoms with van der Waals surface area (Å²) in [6.07, 6.45) is 2.47. The SMILES string of the molecule is Cc1cc(NCC2(C)CC2)cc(C(=O)O)c1N. The minimum absolute atomic E-state index is 0.174. The van der Waals surface area contributed by atoms with Crippen molar-refractivity contribution in [2.75, 3.05) is 17.6 Å². The Hall–Kier alpha value is -1.71. The third-order valence-electron chi connectivity index (χ3n) is 3.44. The van der Waals surface area contributed by atoms with Gasteiger partial charge in [0.1, 0.15) is 0 Å². The number of anilines is 2. The maximum absolute atomic E-state index is 11.0. The van der Waals surface area contributed by atoms with Gasteiger partial charge in [0.2, 0.25) is 0 Å². The van der Waals surface area contributed by atoms with Crippen molar-refractivity contribution in [2.45, 2.75) is 26.7 Å². The molecule has 0 saturated heterocycles. The van der Waals surface area contributed by atoms with Crippen LogP contribution in [0.4, 0.5) is 11.4 Å². The lowest BCUT2D eigenvalue weighted by Crippen LogP contribution is -2.13. The van der Waals surface area contributed by atoms with Gasteiger partial charge in [0.05, 0.1) is 5.56 Å². The van der Waals surface area contributed by atoms with E-state index >= 15 is 0 Å². The van der Waals surface area contributed by atoms with Gasteiger partial charge >= 0.3 is 5.97 Å². The monoisotopic (exact) mass is 234 g/mol. The molecule has 1 fully saturated rings. The molecule has 1 aliphatic rings. The molecule has 4 nitrogen and oxygen atoms in total. The zero-order valence-electron chi connectivity index (χ0n) is 10.2. The van der Waals surface area contributed by atoms with Crippen molar-refractivity contribution in [2.24, 2.45) is 5.41 Å². The maximum Gasteiger partial charge on any atom is 0.337 e. The van der Waals surface area contributed by atoms with E-state index in [2.05, 4.69) is 12.2 Å². The van der Waals surface area contributed by atoms with Crippen LogP contribution in [0.3, 0.4) is 0 Å². The average Bonchev–Trinajstić information content (AvgIpc) is 2.98.